The van der Waals surface area contributed by atoms with Crippen LogP contribution in [-0.4, -0.2) is 35.2 Å². The fourth-order valence-electron chi connectivity index (χ4n) is 1.71. The summed E-state index contributed by atoms with van der Waals surface area (Å²) in [7, 11) is 0. The van der Waals surface area contributed by atoms with Crippen molar-refractivity contribution in [3.63, 3.8) is 0 Å². The molecule has 0 aromatic heterocycles. The van der Waals surface area contributed by atoms with Gasteiger partial charge in [-0.2, -0.15) is 0 Å². The van der Waals surface area contributed by atoms with Gasteiger partial charge in [0.1, 0.15) is 5.60 Å². The molecule has 1 saturated heterocycles. The molecule has 0 saturated carbocycles. The third-order valence-corrected chi connectivity index (χ3v) is 2.55. The van der Waals surface area contributed by atoms with Crippen LogP contribution in [0, 0.1) is 0 Å². The summed E-state index contributed by atoms with van der Waals surface area (Å²) in [5, 5.41) is 0. The Morgan fingerprint density at radius 1 is 1.40 bits per heavy atom. The van der Waals surface area contributed by atoms with E-state index in [1.54, 1.807) is 4.90 Å². The first kappa shape index (κ1) is 12.3. The number of carbonyl (C=O) groups is 1. The average molecular weight is 214 g/mol. The normalized spacial score (nSPS) is 27.7. The van der Waals surface area contributed by atoms with Crippen LogP contribution < -0.4 is 5.73 Å². The minimum absolute atomic E-state index is 0.0914. The zero-order chi connectivity index (χ0) is 11.6. The van der Waals surface area contributed by atoms with Crippen LogP contribution in [0.15, 0.2) is 0 Å². The monoisotopic (exact) mass is 214 g/mol. The van der Waals surface area contributed by atoms with Crippen LogP contribution in [0.3, 0.4) is 0 Å². The second kappa shape index (κ2) is 4.39. The highest BCUT2D eigenvalue weighted by Crippen LogP contribution is 2.19. The molecular formula is C11H22N2O2. The van der Waals surface area contributed by atoms with Gasteiger partial charge in [-0.15, -0.1) is 0 Å². The van der Waals surface area contributed by atoms with Crippen molar-refractivity contribution in [2.24, 2.45) is 5.73 Å². The van der Waals surface area contributed by atoms with Gasteiger partial charge in [0.05, 0.1) is 0 Å². The Balaban J connectivity index is 2.57. The molecule has 4 nitrogen and oxygen atoms in total. The van der Waals surface area contributed by atoms with Crippen LogP contribution >= 0.6 is 0 Å². The summed E-state index contributed by atoms with van der Waals surface area (Å²) >= 11 is 0. The van der Waals surface area contributed by atoms with Crippen molar-refractivity contribution in [1.82, 2.24) is 4.90 Å². The van der Waals surface area contributed by atoms with Gasteiger partial charge in [-0.3, -0.25) is 0 Å². The molecule has 0 aliphatic carbocycles. The Bertz CT molecular complexity index is 235. The zero-order valence-electron chi connectivity index (χ0n) is 10.1. The smallest absolute Gasteiger partial charge is 0.410 e. The quantitative estimate of drug-likeness (QED) is 0.668. The summed E-state index contributed by atoms with van der Waals surface area (Å²) < 4.78 is 5.33. The first-order chi connectivity index (χ1) is 6.79. The molecule has 0 spiro atoms. The van der Waals surface area contributed by atoms with Gasteiger partial charge in [0.15, 0.2) is 0 Å². The van der Waals surface area contributed by atoms with Crippen LogP contribution in [-0.2, 0) is 4.74 Å². The summed E-state index contributed by atoms with van der Waals surface area (Å²) in [5.41, 5.74) is 5.41. The molecule has 0 bridgehead atoms. The lowest BCUT2D eigenvalue weighted by Crippen LogP contribution is -2.51. The van der Waals surface area contributed by atoms with E-state index < -0.39 is 5.60 Å². The average Bonchev–Trinajstić information content (AvgIpc) is 2.06. The number of hydrogen-bond donors (Lipinski definition) is 1. The molecule has 0 unspecified atom stereocenters. The van der Waals surface area contributed by atoms with Gasteiger partial charge < -0.3 is 15.4 Å². The van der Waals surface area contributed by atoms with Crippen molar-refractivity contribution >= 4 is 6.09 Å². The van der Waals surface area contributed by atoms with Crippen molar-refractivity contribution in [2.45, 2.75) is 58.2 Å². The number of amides is 1. The van der Waals surface area contributed by atoms with E-state index in [1.807, 2.05) is 27.7 Å². The molecule has 0 aromatic carbocycles. The summed E-state index contributed by atoms with van der Waals surface area (Å²) in [6.45, 7) is 8.27. The third kappa shape index (κ3) is 3.70. The predicted molar refractivity (Wildman–Crippen MR) is 59.6 cm³/mol. The van der Waals surface area contributed by atoms with Crippen molar-refractivity contribution in [1.29, 1.82) is 0 Å². The molecule has 4 heteroatoms. The topological polar surface area (TPSA) is 55.6 Å². The fraction of sp³-hybridized carbons (Fsp3) is 0.909. The fourth-order valence-corrected chi connectivity index (χ4v) is 1.71. The number of likely N-dealkylation sites (tertiary alicyclic amines) is 1. The first-order valence-electron chi connectivity index (χ1n) is 5.55. The summed E-state index contributed by atoms with van der Waals surface area (Å²) in [5.74, 6) is 0. The Kier molecular flexibility index (Phi) is 3.60. The molecule has 88 valence electrons. The van der Waals surface area contributed by atoms with Crippen molar-refractivity contribution in [2.75, 3.05) is 6.54 Å². The molecule has 15 heavy (non-hydrogen) atoms. The number of piperidine rings is 1. The minimum Gasteiger partial charge on any atom is -0.444 e. The number of nitrogens with zero attached hydrogens (tertiary/aromatic N) is 1. The highest BCUT2D eigenvalue weighted by atomic mass is 16.6. The van der Waals surface area contributed by atoms with E-state index in [2.05, 4.69) is 0 Å². The lowest BCUT2D eigenvalue weighted by molar-refractivity contribution is 0.00998. The maximum atomic E-state index is 11.8. The summed E-state index contributed by atoms with van der Waals surface area (Å²) in [6.07, 6.45) is 1.70. The van der Waals surface area contributed by atoms with Crippen LogP contribution in [0.2, 0.25) is 0 Å². The Hall–Kier alpha value is -0.770. The first-order valence-corrected chi connectivity index (χ1v) is 5.55. The number of nitrogens with two attached hydrogens (primary N) is 1. The number of rotatable bonds is 0. The van der Waals surface area contributed by atoms with Crippen LogP contribution in [0.4, 0.5) is 4.79 Å². The van der Waals surface area contributed by atoms with Gasteiger partial charge in [-0.05, 0) is 40.5 Å². The molecule has 1 aliphatic heterocycles. The van der Waals surface area contributed by atoms with E-state index in [9.17, 15) is 4.79 Å². The number of ether oxygens (including phenoxy) is 1. The van der Waals surface area contributed by atoms with Crippen LogP contribution in [0.25, 0.3) is 0 Å². The lowest BCUT2D eigenvalue weighted by atomic mass is 10.0. The van der Waals surface area contributed by atoms with E-state index in [4.69, 9.17) is 10.5 Å². The molecule has 0 radical (unpaired) electrons. The molecule has 2 atom stereocenters. The highest BCUT2D eigenvalue weighted by Gasteiger charge is 2.30. The maximum Gasteiger partial charge on any atom is 0.410 e. The zero-order valence-corrected chi connectivity index (χ0v) is 10.1. The van der Waals surface area contributed by atoms with E-state index in [0.717, 1.165) is 12.8 Å². The largest absolute Gasteiger partial charge is 0.444 e. The van der Waals surface area contributed by atoms with Crippen LogP contribution in [0.5, 0.6) is 0 Å². The Morgan fingerprint density at radius 3 is 2.53 bits per heavy atom. The maximum absolute atomic E-state index is 11.8. The van der Waals surface area contributed by atoms with Gasteiger partial charge in [0, 0.05) is 18.6 Å². The lowest BCUT2D eigenvalue weighted by Gasteiger charge is -2.37. The molecule has 0 aromatic rings. The Morgan fingerprint density at radius 2 is 2.00 bits per heavy atom. The summed E-state index contributed by atoms with van der Waals surface area (Å²) in [4.78, 5) is 13.6. The molecule has 1 aliphatic rings. The van der Waals surface area contributed by atoms with Crippen molar-refractivity contribution in [3.8, 4) is 0 Å². The number of carbonyl (C=O) groups excluding carboxylic acids is 1. The predicted octanol–water partition coefficient (Wildman–Crippen LogP) is 1.73. The molecule has 1 heterocycles. The van der Waals surface area contributed by atoms with E-state index >= 15 is 0 Å². The molecular weight excluding hydrogens is 192 g/mol. The SMILES string of the molecule is C[C@H]1CC[C@H](N)CN1C(=O)OC(C)(C)C. The second-order valence-corrected chi connectivity index (χ2v) is 5.32. The van der Waals surface area contributed by atoms with Gasteiger partial charge in [-0.1, -0.05) is 0 Å². The van der Waals surface area contributed by atoms with E-state index in [0.29, 0.717) is 6.54 Å². The van der Waals surface area contributed by atoms with Crippen molar-refractivity contribution in [3.05, 3.63) is 0 Å². The molecule has 2 N–H and O–H groups in total. The Labute approximate surface area is 91.8 Å². The third-order valence-electron chi connectivity index (χ3n) is 2.55. The van der Waals surface area contributed by atoms with Crippen molar-refractivity contribution < 1.29 is 9.53 Å². The van der Waals surface area contributed by atoms with Gasteiger partial charge in [0.2, 0.25) is 0 Å². The standard InChI is InChI=1S/C11H22N2O2/c1-8-5-6-9(12)7-13(8)10(14)15-11(2,3)4/h8-9H,5-7,12H2,1-4H3/t8-,9-/m0/s1. The van der Waals surface area contributed by atoms with Gasteiger partial charge >= 0.3 is 6.09 Å². The molecule has 1 amide bonds. The van der Waals surface area contributed by atoms with Crippen LogP contribution in [0.1, 0.15) is 40.5 Å². The summed E-state index contributed by atoms with van der Waals surface area (Å²) in [6, 6.07) is 0.327. The molecule has 1 rings (SSSR count). The van der Waals surface area contributed by atoms with Gasteiger partial charge in [-0.25, -0.2) is 4.79 Å². The minimum atomic E-state index is -0.432. The second-order valence-electron chi connectivity index (χ2n) is 5.32. The van der Waals surface area contributed by atoms with E-state index in [1.165, 1.54) is 0 Å². The number of hydrogen-bond acceptors (Lipinski definition) is 3. The highest BCUT2D eigenvalue weighted by molar-refractivity contribution is 5.68. The molecule has 1 fully saturated rings. The van der Waals surface area contributed by atoms with Gasteiger partial charge in [0.25, 0.3) is 0 Å². The van der Waals surface area contributed by atoms with E-state index in [-0.39, 0.29) is 18.2 Å².